The molecule has 1 aromatic carbocycles. The molecule has 0 aliphatic rings. The summed E-state index contributed by atoms with van der Waals surface area (Å²) in [5.41, 5.74) is 1.35. The molecule has 0 amide bonds. The van der Waals surface area contributed by atoms with E-state index in [1.807, 2.05) is 6.07 Å². The highest BCUT2D eigenvalue weighted by Crippen LogP contribution is 2.24. The van der Waals surface area contributed by atoms with Crippen LogP contribution in [-0.4, -0.2) is 6.54 Å². The van der Waals surface area contributed by atoms with Crippen molar-refractivity contribution in [1.29, 1.82) is 0 Å². The first kappa shape index (κ1) is 14.4. The van der Waals surface area contributed by atoms with E-state index >= 15 is 0 Å². The molecular formula is C16H20BrNO. The molecule has 0 bridgehead atoms. The molecule has 0 aliphatic heterocycles. The van der Waals surface area contributed by atoms with Crippen molar-refractivity contribution < 1.29 is 4.42 Å². The number of aryl methyl sites for hydroxylation is 1. The molecule has 0 fully saturated rings. The Balaban J connectivity index is 2.00. The van der Waals surface area contributed by atoms with Crippen LogP contribution < -0.4 is 5.32 Å². The molecule has 1 atom stereocenters. The summed E-state index contributed by atoms with van der Waals surface area (Å²) < 4.78 is 6.55. The topological polar surface area (TPSA) is 25.2 Å². The highest BCUT2D eigenvalue weighted by atomic mass is 79.9. The van der Waals surface area contributed by atoms with Gasteiger partial charge in [0.25, 0.3) is 0 Å². The van der Waals surface area contributed by atoms with Crippen LogP contribution in [-0.2, 0) is 6.42 Å². The molecule has 0 spiro atoms. The van der Waals surface area contributed by atoms with Gasteiger partial charge in [-0.25, -0.2) is 0 Å². The monoisotopic (exact) mass is 321 g/mol. The zero-order valence-electron chi connectivity index (χ0n) is 11.2. The fraction of sp³-hybridized carbons (Fsp3) is 0.375. The van der Waals surface area contributed by atoms with Gasteiger partial charge in [-0.3, -0.25) is 0 Å². The average molecular weight is 322 g/mol. The molecule has 0 radical (unpaired) electrons. The Labute approximate surface area is 123 Å². The number of benzene rings is 1. The van der Waals surface area contributed by atoms with Crippen molar-refractivity contribution in [2.24, 2.45) is 0 Å². The van der Waals surface area contributed by atoms with E-state index in [0.717, 1.165) is 36.0 Å². The van der Waals surface area contributed by atoms with Gasteiger partial charge in [0.1, 0.15) is 5.76 Å². The molecule has 1 unspecified atom stereocenters. The van der Waals surface area contributed by atoms with Crippen LogP contribution in [0.4, 0.5) is 0 Å². The Bertz CT molecular complexity index is 481. The van der Waals surface area contributed by atoms with Crippen LogP contribution in [0, 0.1) is 0 Å². The predicted molar refractivity (Wildman–Crippen MR) is 82.2 cm³/mol. The fourth-order valence-electron chi connectivity index (χ4n) is 2.17. The van der Waals surface area contributed by atoms with E-state index in [-0.39, 0.29) is 0 Å². The van der Waals surface area contributed by atoms with Gasteiger partial charge in [0.05, 0.1) is 10.7 Å². The van der Waals surface area contributed by atoms with Crippen LogP contribution in [0.1, 0.15) is 37.1 Å². The van der Waals surface area contributed by atoms with Crippen molar-refractivity contribution in [3.63, 3.8) is 0 Å². The number of furan rings is 1. The Morgan fingerprint density at radius 1 is 1.21 bits per heavy atom. The van der Waals surface area contributed by atoms with Gasteiger partial charge >= 0.3 is 0 Å². The van der Waals surface area contributed by atoms with E-state index in [2.05, 4.69) is 58.5 Å². The summed E-state index contributed by atoms with van der Waals surface area (Å²) in [5.74, 6) is 1.03. The van der Waals surface area contributed by atoms with Crippen molar-refractivity contribution in [3.8, 4) is 0 Å². The van der Waals surface area contributed by atoms with Crippen molar-refractivity contribution in [2.45, 2.75) is 32.2 Å². The van der Waals surface area contributed by atoms with Crippen LogP contribution in [0.25, 0.3) is 0 Å². The molecule has 1 N–H and O–H groups in total. The van der Waals surface area contributed by atoms with Crippen molar-refractivity contribution in [3.05, 3.63) is 58.5 Å². The van der Waals surface area contributed by atoms with Gasteiger partial charge in [-0.2, -0.15) is 0 Å². The van der Waals surface area contributed by atoms with Crippen LogP contribution in [0.15, 0.2) is 51.6 Å². The van der Waals surface area contributed by atoms with E-state index in [0.29, 0.717) is 6.04 Å². The van der Waals surface area contributed by atoms with Gasteiger partial charge in [-0.15, -0.1) is 0 Å². The van der Waals surface area contributed by atoms with Gasteiger partial charge in [0, 0.05) is 12.5 Å². The summed E-state index contributed by atoms with van der Waals surface area (Å²) in [6, 6.07) is 13.0. The largest absolute Gasteiger partial charge is 0.468 e. The molecule has 19 heavy (non-hydrogen) atoms. The maximum absolute atomic E-state index is 5.48. The van der Waals surface area contributed by atoms with Gasteiger partial charge in [-0.1, -0.05) is 37.3 Å². The van der Waals surface area contributed by atoms with Crippen LogP contribution in [0.2, 0.25) is 0 Å². The first-order valence-electron chi connectivity index (χ1n) is 6.81. The minimum atomic E-state index is 0.387. The standard InChI is InChI=1S/C16H20BrNO/c1-2-11-18-15(13-6-4-3-5-7-13)8-9-16-14(17)10-12-19-16/h3-7,10,12,15,18H,2,8-9,11H2,1H3. The third-order valence-corrected chi connectivity index (χ3v) is 3.90. The average Bonchev–Trinajstić information content (AvgIpc) is 2.85. The Kier molecular flexibility index (Phi) is 5.67. The molecule has 2 rings (SSSR count). The number of hydrogen-bond acceptors (Lipinski definition) is 2. The number of hydrogen-bond donors (Lipinski definition) is 1. The van der Waals surface area contributed by atoms with E-state index in [4.69, 9.17) is 4.42 Å². The first-order chi connectivity index (χ1) is 9.31. The zero-order chi connectivity index (χ0) is 13.5. The third kappa shape index (κ3) is 4.22. The Morgan fingerprint density at radius 2 is 2.00 bits per heavy atom. The lowest BCUT2D eigenvalue weighted by Crippen LogP contribution is -2.22. The van der Waals surface area contributed by atoms with E-state index in [1.54, 1.807) is 6.26 Å². The molecular weight excluding hydrogens is 302 g/mol. The lowest BCUT2D eigenvalue weighted by molar-refractivity contribution is 0.451. The van der Waals surface area contributed by atoms with Crippen molar-refractivity contribution >= 4 is 15.9 Å². The SMILES string of the molecule is CCCNC(CCc1occc1Br)c1ccccc1. The van der Waals surface area contributed by atoms with Gasteiger partial charge in [-0.05, 0) is 46.9 Å². The van der Waals surface area contributed by atoms with Gasteiger partial charge in [0.2, 0.25) is 0 Å². The quantitative estimate of drug-likeness (QED) is 0.798. The second kappa shape index (κ2) is 7.51. The summed E-state index contributed by atoms with van der Waals surface area (Å²) >= 11 is 3.51. The summed E-state index contributed by atoms with van der Waals surface area (Å²) in [5, 5.41) is 3.61. The normalized spacial score (nSPS) is 12.5. The van der Waals surface area contributed by atoms with Crippen LogP contribution >= 0.6 is 15.9 Å². The number of nitrogens with one attached hydrogen (secondary N) is 1. The maximum Gasteiger partial charge on any atom is 0.117 e. The number of rotatable bonds is 7. The van der Waals surface area contributed by atoms with Crippen LogP contribution in [0.5, 0.6) is 0 Å². The smallest absolute Gasteiger partial charge is 0.117 e. The lowest BCUT2D eigenvalue weighted by atomic mass is 10.0. The molecule has 102 valence electrons. The minimum Gasteiger partial charge on any atom is -0.468 e. The molecule has 1 heterocycles. The molecule has 0 saturated carbocycles. The third-order valence-electron chi connectivity index (χ3n) is 3.19. The first-order valence-corrected chi connectivity index (χ1v) is 7.60. The molecule has 2 nitrogen and oxygen atoms in total. The summed E-state index contributed by atoms with van der Waals surface area (Å²) in [4.78, 5) is 0. The predicted octanol–water partition coefficient (Wildman–Crippen LogP) is 4.72. The second-order valence-electron chi connectivity index (χ2n) is 4.65. The Morgan fingerprint density at radius 3 is 2.63 bits per heavy atom. The van der Waals surface area contributed by atoms with Gasteiger partial charge in [0.15, 0.2) is 0 Å². The summed E-state index contributed by atoms with van der Waals surface area (Å²) in [7, 11) is 0. The van der Waals surface area contributed by atoms with Crippen molar-refractivity contribution in [1.82, 2.24) is 5.32 Å². The van der Waals surface area contributed by atoms with Crippen LogP contribution in [0.3, 0.4) is 0 Å². The Hall–Kier alpha value is -1.06. The molecule has 2 aromatic rings. The second-order valence-corrected chi connectivity index (χ2v) is 5.50. The zero-order valence-corrected chi connectivity index (χ0v) is 12.8. The highest BCUT2D eigenvalue weighted by molar-refractivity contribution is 9.10. The van der Waals surface area contributed by atoms with E-state index in [1.165, 1.54) is 5.56 Å². The van der Waals surface area contributed by atoms with Gasteiger partial charge < -0.3 is 9.73 Å². The van der Waals surface area contributed by atoms with E-state index < -0.39 is 0 Å². The highest BCUT2D eigenvalue weighted by Gasteiger charge is 2.12. The number of halogens is 1. The van der Waals surface area contributed by atoms with Crippen molar-refractivity contribution in [2.75, 3.05) is 6.54 Å². The van der Waals surface area contributed by atoms with E-state index in [9.17, 15) is 0 Å². The molecule has 3 heteroatoms. The lowest BCUT2D eigenvalue weighted by Gasteiger charge is -2.18. The maximum atomic E-state index is 5.48. The minimum absolute atomic E-state index is 0.387. The summed E-state index contributed by atoms with van der Waals surface area (Å²) in [6.45, 7) is 3.23. The fourth-order valence-corrected chi connectivity index (χ4v) is 2.57. The molecule has 0 saturated heterocycles. The molecule has 1 aromatic heterocycles. The summed E-state index contributed by atoms with van der Waals surface area (Å²) in [6.07, 6.45) is 4.85. The molecule has 0 aliphatic carbocycles.